The highest BCUT2D eigenvalue weighted by molar-refractivity contribution is 7.57. The van der Waals surface area contributed by atoms with Crippen LogP contribution in [0.4, 0.5) is 0 Å². The van der Waals surface area contributed by atoms with Crippen molar-refractivity contribution in [2.75, 3.05) is 40.1 Å². The number of fused-ring (bicyclic) bond motifs is 1. The Hall–Kier alpha value is -1.52. The van der Waals surface area contributed by atoms with E-state index in [1.165, 1.54) is 17.6 Å². The second kappa shape index (κ2) is 11.6. The SMILES string of the molecule is C=C(CCC(COCCCCP(C)(=O)O)N(C)C)Cc1cc2ccccc2cn1. The highest BCUT2D eigenvalue weighted by Gasteiger charge is 2.13. The van der Waals surface area contributed by atoms with Gasteiger partial charge in [0.25, 0.3) is 0 Å². The predicted octanol–water partition coefficient (Wildman–Crippen LogP) is 4.74. The van der Waals surface area contributed by atoms with Gasteiger partial charge in [-0.3, -0.25) is 9.55 Å². The maximum Gasteiger partial charge on any atom is 0.197 e. The minimum atomic E-state index is -2.89. The van der Waals surface area contributed by atoms with Crippen molar-refractivity contribution in [3.05, 3.63) is 54.4 Å². The normalized spacial score (nSPS) is 14.8. The van der Waals surface area contributed by atoms with Gasteiger partial charge in [0.2, 0.25) is 0 Å². The number of benzene rings is 1. The summed E-state index contributed by atoms with van der Waals surface area (Å²) in [7, 11) is 1.25. The fourth-order valence-corrected chi connectivity index (χ4v) is 4.07. The molecular formula is C23H35N2O3P. The molecule has 1 aromatic carbocycles. The van der Waals surface area contributed by atoms with Gasteiger partial charge in [-0.05, 0) is 51.2 Å². The Morgan fingerprint density at radius 1 is 1.28 bits per heavy atom. The summed E-state index contributed by atoms with van der Waals surface area (Å²) in [6, 6.07) is 10.7. The molecule has 29 heavy (non-hydrogen) atoms. The zero-order valence-electron chi connectivity index (χ0n) is 18.0. The van der Waals surface area contributed by atoms with E-state index in [1.807, 2.05) is 18.3 Å². The molecule has 0 amide bonds. The average molecular weight is 419 g/mol. The van der Waals surface area contributed by atoms with Gasteiger partial charge in [0.05, 0.1) is 6.61 Å². The van der Waals surface area contributed by atoms with Gasteiger partial charge < -0.3 is 14.5 Å². The highest BCUT2D eigenvalue weighted by atomic mass is 31.2. The van der Waals surface area contributed by atoms with E-state index in [1.54, 1.807) is 0 Å². The van der Waals surface area contributed by atoms with E-state index in [4.69, 9.17) is 4.74 Å². The second-order valence-corrected chi connectivity index (χ2v) is 10.7. The van der Waals surface area contributed by atoms with E-state index in [9.17, 15) is 9.46 Å². The quantitative estimate of drug-likeness (QED) is 0.289. The maximum atomic E-state index is 11.3. The predicted molar refractivity (Wildman–Crippen MR) is 122 cm³/mol. The van der Waals surface area contributed by atoms with Crippen LogP contribution in [0.2, 0.25) is 0 Å². The van der Waals surface area contributed by atoms with Crippen LogP contribution in [0.15, 0.2) is 48.7 Å². The summed E-state index contributed by atoms with van der Waals surface area (Å²) in [6.07, 6.45) is 6.57. The van der Waals surface area contributed by atoms with Crippen LogP contribution in [0.5, 0.6) is 0 Å². The number of likely N-dealkylation sites (N-methyl/N-ethyl adjacent to an activating group) is 1. The molecule has 2 atom stereocenters. The molecule has 0 aliphatic carbocycles. The molecule has 0 aliphatic rings. The molecule has 2 rings (SSSR count). The van der Waals surface area contributed by atoms with Gasteiger partial charge >= 0.3 is 0 Å². The Balaban J connectivity index is 1.72. The number of nitrogens with zero attached hydrogens (tertiary/aromatic N) is 2. The third-order valence-corrected chi connectivity index (χ3v) is 6.25. The monoisotopic (exact) mass is 418 g/mol. The summed E-state index contributed by atoms with van der Waals surface area (Å²) < 4.78 is 17.1. The molecule has 2 unspecified atom stereocenters. The zero-order valence-corrected chi connectivity index (χ0v) is 18.9. The zero-order chi connectivity index (χ0) is 21.3. The number of pyridine rings is 1. The molecule has 1 aromatic heterocycles. The van der Waals surface area contributed by atoms with Crippen molar-refractivity contribution in [1.29, 1.82) is 0 Å². The number of ether oxygens (including phenoxy) is 1. The lowest BCUT2D eigenvalue weighted by atomic mass is 10.0. The maximum absolute atomic E-state index is 11.3. The van der Waals surface area contributed by atoms with Crippen LogP contribution < -0.4 is 0 Å². The first-order chi connectivity index (χ1) is 13.7. The standard InChI is InChI=1S/C23H35N2O3P/c1-19(15-22-16-20-9-5-6-10-21(20)17-24-22)11-12-23(25(2)3)18-28-13-7-8-14-29(4,26)27/h5-6,9-10,16-17,23H,1,7-8,11-15,18H2,2-4H3,(H,26,27). The van der Waals surface area contributed by atoms with Crippen molar-refractivity contribution in [3.8, 4) is 0 Å². The van der Waals surface area contributed by atoms with E-state index in [0.717, 1.165) is 43.2 Å². The van der Waals surface area contributed by atoms with Crippen LogP contribution >= 0.6 is 7.37 Å². The number of hydrogen-bond donors (Lipinski definition) is 1. The van der Waals surface area contributed by atoms with Crippen molar-refractivity contribution in [3.63, 3.8) is 0 Å². The molecule has 2 aromatic rings. The first-order valence-electron chi connectivity index (χ1n) is 10.3. The fourth-order valence-electron chi connectivity index (χ4n) is 3.26. The van der Waals surface area contributed by atoms with Crippen molar-refractivity contribution in [1.82, 2.24) is 9.88 Å². The van der Waals surface area contributed by atoms with Crippen LogP contribution in [0.1, 0.15) is 31.4 Å². The smallest absolute Gasteiger partial charge is 0.197 e. The van der Waals surface area contributed by atoms with E-state index in [0.29, 0.717) is 25.4 Å². The van der Waals surface area contributed by atoms with Gasteiger partial charge in [0.1, 0.15) is 0 Å². The van der Waals surface area contributed by atoms with Crippen LogP contribution in [0.3, 0.4) is 0 Å². The van der Waals surface area contributed by atoms with Crippen LogP contribution in [-0.2, 0) is 15.7 Å². The summed E-state index contributed by atoms with van der Waals surface area (Å²) in [5, 5.41) is 2.37. The number of allylic oxidation sites excluding steroid dienone is 1. The Morgan fingerprint density at radius 3 is 2.69 bits per heavy atom. The second-order valence-electron chi connectivity index (χ2n) is 8.16. The summed E-state index contributed by atoms with van der Waals surface area (Å²) in [4.78, 5) is 16.1. The minimum Gasteiger partial charge on any atom is -0.380 e. The molecule has 0 saturated carbocycles. The molecule has 5 nitrogen and oxygen atoms in total. The van der Waals surface area contributed by atoms with E-state index in [-0.39, 0.29) is 0 Å². The van der Waals surface area contributed by atoms with E-state index >= 15 is 0 Å². The topological polar surface area (TPSA) is 62.7 Å². The lowest BCUT2D eigenvalue weighted by Crippen LogP contribution is -2.32. The molecule has 0 bridgehead atoms. The van der Waals surface area contributed by atoms with Gasteiger partial charge in [-0.25, -0.2) is 0 Å². The third-order valence-electron chi connectivity index (χ3n) is 5.10. The van der Waals surface area contributed by atoms with Gasteiger partial charge in [0.15, 0.2) is 7.37 Å². The largest absolute Gasteiger partial charge is 0.380 e. The first kappa shape index (κ1) is 23.8. The van der Waals surface area contributed by atoms with Crippen molar-refractivity contribution >= 4 is 18.1 Å². The molecule has 1 heterocycles. The number of rotatable bonds is 13. The van der Waals surface area contributed by atoms with Gasteiger partial charge in [0, 0.05) is 49.2 Å². The van der Waals surface area contributed by atoms with Gasteiger partial charge in [-0.2, -0.15) is 0 Å². The Morgan fingerprint density at radius 2 is 2.00 bits per heavy atom. The molecule has 0 radical (unpaired) electrons. The van der Waals surface area contributed by atoms with Gasteiger partial charge in [-0.15, -0.1) is 0 Å². The number of unbranched alkanes of at least 4 members (excludes halogenated alkanes) is 1. The Kier molecular flexibility index (Phi) is 9.51. The lowest BCUT2D eigenvalue weighted by Gasteiger charge is -2.24. The third kappa shape index (κ3) is 9.22. The summed E-state index contributed by atoms with van der Waals surface area (Å²) in [5.74, 6) is 0. The molecular weight excluding hydrogens is 383 g/mol. The minimum absolute atomic E-state index is 0.325. The molecule has 0 spiro atoms. The van der Waals surface area contributed by atoms with Crippen molar-refractivity contribution < 1.29 is 14.2 Å². The molecule has 0 saturated heterocycles. The fraction of sp³-hybridized carbons (Fsp3) is 0.522. The molecule has 0 fully saturated rings. The van der Waals surface area contributed by atoms with E-state index < -0.39 is 7.37 Å². The number of aromatic nitrogens is 1. The number of hydrogen-bond acceptors (Lipinski definition) is 4. The van der Waals surface area contributed by atoms with E-state index in [2.05, 4.69) is 48.8 Å². The van der Waals surface area contributed by atoms with Crippen molar-refractivity contribution in [2.24, 2.45) is 0 Å². The highest BCUT2D eigenvalue weighted by Crippen LogP contribution is 2.35. The Bertz CT molecular complexity index is 832. The van der Waals surface area contributed by atoms with Crippen LogP contribution in [0.25, 0.3) is 10.8 Å². The molecule has 160 valence electrons. The summed E-state index contributed by atoms with van der Waals surface area (Å²) in [6.45, 7) is 6.96. The first-order valence-corrected chi connectivity index (χ1v) is 12.6. The average Bonchev–Trinajstić information content (AvgIpc) is 2.65. The lowest BCUT2D eigenvalue weighted by molar-refractivity contribution is 0.0741. The van der Waals surface area contributed by atoms with Gasteiger partial charge in [-0.1, -0.05) is 36.4 Å². The van der Waals surface area contributed by atoms with Crippen LogP contribution in [-0.4, -0.2) is 61.0 Å². The molecule has 6 heteroatoms. The van der Waals surface area contributed by atoms with Crippen molar-refractivity contribution in [2.45, 2.75) is 38.1 Å². The Labute approximate surface area is 175 Å². The van der Waals surface area contributed by atoms with Crippen LogP contribution in [0, 0.1) is 0 Å². The molecule has 0 aliphatic heterocycles. The summed E-state index contributed by atoms with van der Waals surface area (Å²) in [5.41, 5.74) is 2.24. The summed E-state index contributed by atoms with van der Waals surface area (Å²) >= 11 is 0. The molecule has 1 N–H and O–H groups in total.